The van der Waals surface area contributed by atoms with Crippen LogP contribution in [0.15, 0.2) is 24.1 Å². The zero-order valence-corrected chi connectivity index (χ0v) is 7.48. The lowest BCUT2D eigenvalue weighted by Gasteiger charge is -2.05. The minimum absolute atomic E-state index is 0.278. The molecule has 0 radical (unpaired) electrons. The molecule has 0 aliphatic heterocycles. The van der Waals surface area contributed by atoms with Gasteiger partial charge in [-0.1, -0.05) is 4.49 Å². The van der Waals surface area contributed by atoms with Gasteiger partial charge in [-0.2, -0.15) is 0 Å². The monoisotopic (exact) mass is 193 g/mol. The van der Waals surface area contributed by atoms with Crippen LogP contribution in [0.1, 0.15) is 17.3 Å². The number of nitrogens with zero attached hydrogens (tertiary/aromatic N) is 4. The van der Waals surface area contributed by atoms with Crippen molar-refractivity contribution in [3.8, 4) is 0 Å². The smallest absolute Gasteiger partial charge is 0.115 e. The van der Waals surface area contributed by atoms with Gasteiger partial charge in [-0.3, -0.25) is 0 Å². The number of hydrogen-bond acceptors (Lipinski definition) is 6. The van der Waals surface area contributed by atoms with Gasteiger partial charge in [0.15, 0.2) is 0 Å². The van der Waals surface area contributed by atoms with Gasteiger partial charge in [0.05, 0.1) is 11.7 Å². The molecule has 13 heavy (non-hydrogen) atoms. The Labute approximate surface area is 78.8 Å². The summed E-state index contributed by atoms with van der Waals surface area (Å²) in [5, 5.41) is 5.70. The van der Waals surface area contributed by atoms with Crippen LogP contribution < -0.4 is 5.73 Å². The summed E-state index contributed by atoms with van der Waals surface area (Å²) in [6.45, 7) is 0. The average Bonchev–Trinajstić information content (AvgIpc) is 2.71. The molecule has 0 bridgehead atoms. The maximum Gasteiger partial charge on any atom is 0.115 e. The lowest BCUT2D eigenvalue weighted by atomic mass is 10.1. The molecule has 2 aromatic rings. The third-order valence-electron chi connectivity index (χ3n) is 1.64. The van der Waals surface area contributed by atoms with Gasteiger partial charge >= 0.3 is 0 Å². The highest BCUT2D eigenvalue weighted by Gasteiger charge is 2.11. The third-order valence-corrected chi connectivity index (χ3v) is 2.16. The van der Waals surface area contributed by atoms with Gasteiger partial charge in [0.2, 0.25) is 0 Å². The molecular weight excluding hydrogens is 186 g/mol. The van der Waals surface area contributed by atoms with Crippen molar-refractivity contribution < 1.29 is 0 Å². The van der Waals surface area contributed by atoms with Gasteiger partial charge in [-0.05, 0) is 11.5 Å². The van der Waals surface area contributed by atoms with E-state index in [2.05, 4.69) is 19.6 Å². The summed E-state index contributed by atoms with van der Waals surface area (Å²) < 4.78 is 3.74. The molecule has 2 rings (SSSR count). The first-order chi connectivity index (χ1) is 6.38. The molecular formula is C7H7N5S. The Morgan fingerprint density at radius 3 is 2.69 bits per heavy atom. The topological polar surface area (TPSA) is 77.6 Å². The van der Waals surface area contributed by atoms with Crippen molar-refractivity contribution in [3.05, 3.63) is 35.4 Å². The van der Waals surface area contributed by atoms with E-state index in [1.165, 1.54) is 17.9 Å². The summed E-state index contributed by atoms with van der Waals surface area (Å²) in [5.41, 5.74) is 7.48. The van der Waals surface area contributed by atoms with Gasteiger partial charge in [-0.25, -0.2) is 9.97 Å². The molecule has 2 aromatic heterocycles. The molecule has 0 fully saturated rings. The van der Waals surface area contributed by atoms with Gasteiger partial charge in [-0.15, -0.1) is 5.10 Å². The Morgan fingerprint density at radius 1 is 1.31 bits per heavy atom. The minimum Gasteiger partial charge on any atom is -0.319 e. The molecule has 5 nitrogen and oxygen atoms in total. The van der Waals surface area contributed by atoms with Crippen LogP contribution in [0.5, 0.6) is 0 Å². The standard InChI is InChI=1S/C7H7N5S/c8-7(6-3-13-12-11-6)5-1-9-4-10-2-5/h1-4,7H,8H2. The van der Waals surface area contributed by atoms with Gasteiger partial charge < -0.3 is 5.73 Å². The first kappa shape index (κ1) is 8.21. The Hall–Kier alpha value is -1.40. The van der Waals surface area contributed by atoms with Crippen LogP contribution in [0.4, 0.5) is 0 Å². The van der Waals surface area contributed by atoms with Crippen LogP contribution in [0, 0.1) is 0 Å². The van der Waals surface area contributed by atoms with E-state index in [4.69, 9.17) is 5.73 Å². The van der Waals surface area contributed by atoms with E-state index >= 15 is 0 Å². The molecule has 0 aliphatic carbocycles. The number of hydrogen-bond donors (Lipinski definition) is 1. The second kappa shape index (κ2) is 3.55. The Kier molecular flexibility index (Phi) is 2.24. The summed E-state index contributed by atoms with van der Waals surface area (Å²) in [6, 6.07) is -0.278. The predicted molar refractivity (Wildman–Crippen MR) is 48.0 cm³/mol. The summed E-state index contributed by atoms with van der Waals surface area (Å²) in [4.78, 5) is 7.76. The number of nitrogens with two attached hydrogens (primary N) is 1. The normalized spacial score (nSPS) is 12.7. The predicted octanol–water partition coefficient (Wildman–Crippen LogP) is 0.376. The minimum atomic E-state index is -0.278. The van der Waals surface area contributed by atoms with Crippen molar-refractivity contribution in [2.45, 2.75) is 6.04 Å². The number of aromatic nitrogens is 4. The average molecular weight is 193 g/mol. The van der Waals surface area contributed by atoms with Crippen molar-refractivity contribution >= 4 is 11.5 Å². The zero-order chi connectivity index (χ0) is 9.10. The molecule has 0 amide bonds. The number of rotatable bonds is 2. The van der Waals surface area contributed by atoms with Crippen LogP contribution in [0.2, 0.25) is 0 Å². The van der Waals surface area contributed by atoms with Crippen molar-refractivity contribution in [1.29, 1.82) is 0 Å². The van der Waals surface area contributed by atoms with Crippen LogP contribution in [-0.2, 0) is 0 Å². The van der Waals surface area contributed by atoms with Gasteiger partial charge in [0.25, 0.3) is 0 Å². The van der Waals surface area contributed by atoms with Crippen LogP contribution in [0.3, 0.4) is 0 Å². The fourth-order valence-electron chi connectivity index (χ4n) is 0.949. The second-order valence-electron chi connectivity index (χ2n) is 2.48. The molecule has 0 spiro atoms. The van der Waals surface area contributed by atoms with Gasteiger partial charge in [0.1, 0.15) is 6.33 Å². The molecule has 0 saturated carbocycles. The van der Waals surface area contributed by atoms with E-state index in [9.17, 15) is 0 Å². The second-order valence-corrected chi connectivity index (χ2v) is 3.09. The molecule has 1 unspecified atom stereocenters. The van der Waals surface area contributed by atoms with Crippen molar-refractivity contribution in [2.24, 2.45) is 5.73 Å². The van der Waals surface area contributed by atoms with E-state index in [1.807, 2.05) is 5.38 Å². The highest BCUT2D eigenvalue weighted by atomic mass is 32.1. The molecule has 0 saturated heterocycles. The maximum atomic E-state index is 5.88. The molecule has 6 heteroatoms. The Balaban J connectivity index is 2.29. The van der Waals surface area contributed by atoms with Crippen LogP contribution >= 0.6 is 11.5 Å². The molecule has 0 aromatic carbocycles. The summed E-state index contributed by atoms with van der Waals surface area (Å²) in [5.74, 6) is 0. The highest BCUT2D eigenvalue weighted by Crippen LogP contribution is 2.15. The highest BCUT2D eigenvalue weighted by molar-refractivity contribution is 7.03. The summed E-state index contributed by atoms with van der Waals surface area (Å²) in [7, 11) is 0. The lowest BCUT2D eigenvalue weighted by Crippen LogP contribution is -2.12. The van der Waals surface area contributed by atoms with Gasteiger partial charge in [0, 0.05) is 23.3 Å². The molecule has 2 N–H and O–H groups in total. The van der Waals surface area contributed by atoms with E-state index in [0.717, 1.165) is 11.3 Å². The fourth-order valence-corrected chi connectivity index (χ4v) is 1.44. The van der Waals surface area contributed by atoms with E-state index < -0.39 is 0 Å². The molecule has 66 valence electrons. The van der Waals surface area contributed by atoms with Crippen LogP contribution in [-0.4, -0.2) is 19.6 Å². The maximum absolute atomic E-state index is 5.88. The summed E-state index contributed by atoms with van der Waals surface area (Å²) in [6.07, 6.45) is 4.82. The first-order valence-corrected chi connectivity index (χ1v) is 4.49. The van der Waals surface area contributed by atoms with E-state index in [-0.39, 0.29) is 6.04 Å². The zero-order valence-electron chi connectivity index (χ0n) is 6.66. The quantitative estimate of drug-likeness (QED) is 0.745. The van der Waals surface area contributed by atoms with Crippen molar-refractivity contribution in [1.82, 2.24) is 19.6 Å². The first-order valence-electron chi connectivity index (χ1n) is 3.65. The molecule has 1 atom stereocenters. The van der Waals surface area contributed by atoms with E-state index in [1.54, 1.807) is 12.4 Å². The summed E-state index contributed by atoms with van der Waals surface area (Å²) >= 11 is 1.28. The fraction of sp³-hybridized carbons (Fsp3) is 0.143. The Morgan fingerprint density at radius 2 is 2.08 bits per heavy atom. The molecule has 0 aliphatic rings. The van der Waals surface area contributed by atoms with Crippen LogP contribution in [0.25, 0.3) is 0 Å². The SMILES string of the molecule is NC(c1cncnc1)c1csnn1. The third kappa shape index (κ3) is 1.68. The Bertz CT molecular complexity index is 360. The largest absolute Gasteiger partial charge is 0.319 e. The molecule has 2 heterocycles. The van der Waals surface area contributed by atoms with E-state index in [0.29, 0.717) is 0 Å². The van der Waals surface area contributed by atoms with Crippen molar-refractivity contribution in [2.75, 3.05) is 0 Å². The lowest BCUT2D eigenvalue weighted by molar-refractivity contribution is 0.804. The van der Waals surface area contributed by atoms with Crippen molar-refractivity contribution in [3.63, 3.8) is 0 Å².